The summed E-state index contributed by atoms with van der Waals surface area (Å²) in [5, 5.41) is 6.25. The van der Waals surface area contributed by atoms with Crippen LogP contribution in [0.25, 0.3) is 0 Å². The Morgan fingerprint density at radius 3 is 2.82 bits per heavy atom. The monoisotopic (exact) mass is 314 g/mol. The van der Waals surface area contributed by atoms with Gasteiger partial charge >= 0.3 is 6.61 Å². The maximum absolute atomic E-state index is 12.3. The summed E-state index contributed by atoms with van der Waals surface area (Å²) < 4.78 is 33.9. The summed E-state index contributed by atoms with van der Waals surface area (Å²) in [6.45, 7) is 0.0217. The molecule has 1 fully saturated rings. The van der Waals surface area contributed by atoms with Crippen molar-refractivity contribution in [2.75, 3.05) is 13.7 Å². The lowest BCUT2D eigenvalue weighted by Crippen LogP contribution is -2.51. The van der Waals surface area contributed by atoms with E-state index in [1.54, 1.807) is 0 Å². The van der Waals surface area contributed by atoms with E-state index in [0.717, 1.165) is 19.4 Å². The zero-order chi connectivity index (χ0) is 16.1. The molecule has 0 radical (unpaired) electrons. The molecule has 1 aromatic rings. The molecule has 7 heteroatoms. The molecule has 1 aliphatic rings. The van der Waals surface area contributed by atoms with Crippen LogP contribution in [0.3, 0.4) is 0 Å². The maximum atomic E-state index is 12.3. The Kier molecular flexibility index (Phi) is 5.54. The molecule has 0 bridgehead atoms. The van der Waals surface area contributed by atoms with Crippen LogP contribution in [-0.4, -0.2) is 38.3 Å². The van der Waals surface area contributed by atoms with E-state index in [1.165, 1.54) is 25.3 Å². The fourth-order valence-corrected chi connectivity index (χ4v) is 2.50. The normalized spacial score (nSPS) is 21.5. The zero-order valence-electron chi connectivity index (χ0n) is 12.6. The Balaban J connectivity index is 2.09. The Labute approximate surface area is 128 Å². The van der Waals surface area contributed by atoms with E-state index in [-0.39, 0.29) is 29.5 Å². The molecule has 1 saturated heterocycles. The number of methoxy groups -OCH3 is 1. The first-order chi connectivity index (χ1) is 10.5. The molecule has 1 aliphatic heterocycles. The van der Waals surface area contributed by atoms with Crippen LogP contribution in [0.1, 0.15) is 30.1 Å². The van der Waals surface area contributed by atoms with Crippen molar-refractivity contribution in [1.29, 1.82) is 0 Å². The van der Waals surface area contributed by atoms with Crippen LogP contribution >= 0.6 is 0 Å². The Morgan fingerprint density at radius 1 is 1.41 bits per heavy atom. The molecule has 1 aromatic carbocycles. The number of halogens is 2. The predicted octanol–water partition coefficient (Wildman–Crippen LogP) is 2.17. The van der Waals surface area contributed by atoms with Crippen LogP contribution in [0.15, 0.2) is 18.2 Å². The van der Waals surface area contributed by atoms with Gasteiger partial charge in [-0.25, -0.2) is 0 Å². The first kappa shape index (κ1) is 16.5. The lowest BCUT2D eigenvalue weighted by molar-refractivity contribution is -0.0512. The molecule has 0 aromatic heterocycles. The van der Waals surface area contributed by atoms with Crippen molar-refractivity contribution < 1.29 is 23.0 Å². The Bertz CT molecular complexity index is 526. The SMILES string of the molecule is COc1cc(C(=O)NC2CCCNC2C)ccc1OC(F)F. The van der Waals surface area contributed by atoms with Crippen LogP contribution in [0.4, 0.5) is 8.78 Å². The minimum atomic E-state index is -2.94. The number of carbonyl (C=O) groups is 1. The molecule has 122 valence electrons. The van der Waals surface area contributed by atoms with Crippen LogP contribution in [0, 0.1) is 0 Å². The van der Waals surface area contributed by atoms with E-state index in [1.807, 2.05) is 6.92 Å². The van der Waals surface area contributed by atoms with Gasteiger partial charge in [-0.05, 0) is 44.5 Å². The van der Waals surface area contributed by atoms with Gasteiger partial charge in [0.25, 0.3) is 5.91 Å². The van der Waals surface area contributed by atoms with Crippen molar-refractivity contribution in [3.63, 3.8) is 0 Å². The van der Waals surface area contributed by atoms with E-state index >= 15 is 0 Å². The number of piperidine rings is 1. The van der Waals surface area contributed by atoms with Gasteiger partial charge in [-0.2, -0.15) is 8.78 Å². The molecule has 5 nitrogen and oxygen atoms in total. The number of rotatable bonds is 5. The molecule has 2 rings (SSSR count). The van der Waals surface area contributed by atoms with Gasteiger partial charge in [0, 0.05) is 17.6 Å². The predicted molar refractivity (Wildman–Crippen MR) is 77.6 cm³/mol. The number of amides is 1. The van der Waals surface area contributed by atoms with Crippen LogP contribution in [0.2, 0.25) is 0 Å². The summed E-state index contributed by atoms with van der Waals surface area (Å²) in [5.41, 5.74) is 0.344. The van der Waals surface area contributed by atoms with Crippen molar-refractivity contribution in [1.82, 2.24) is 10.6 Å². The van der Waals surface area contributed by atoms with Crippen LogP contribution < -0.4 is 20.1 Å². The number of hydrogen-bond acceptors (Lipinski definition) is 4. The van der Waals surface area contributed by atoms with Crippen molar-refractivity contribution >= 4 is 5.91 Å². The summed E-state index contributed by atoms with van der Waals surface area (Å²) >= 11 is 0. The Hall–Kier alpha value is -1.89. The van der Waals surface area contributed by atoms with Crippen molar-refractivity contribution in [3.05, 3.63) is 23.8 Å². The van der Waals surface area contributed by atoms with E-state index in [0.29, 0.717) is 5.56 Å². The zero-order valence-corrected chi connectivity index (χ0v) is 12.6. The minimum absolute atomic E-state index is 0.0456. The summed E-state index contributed by atoms with van der Waals surface area (Å²) in [4.78, 5) is 12.3. The van der Waals surface area contributed by atoms with Crippen molar-refractivity contribution in [2.24, 2.45) is 0 Å². The molecular weight excluding hydrogens is 294 g/mol. The number of benzene rings is 1. The summed E-state index contributed by atoms with van der Waals surface area (Å²) in [7, 11) is 1.34. The standard InChI is InChI=1S/C15H20F2N2O3/c1-9-11(4-3-7-18-9)19-14(20)10-5-6-12(22-15(16)17)13(8-10)21-2/h5-6,8-9,11,15,18H,3-4,7H2,1-2H3,(H,19,20). The highest BCUT2D eigenvalue weighted by Gasteiger charge is 2.23. The molecule has 1 amide bonds. The van der Waals surface area contributed by atoms with Gasteiger partial charge in [0.15, 0.2) is 11.5 Å². The molecule has 0 saturated carbocycles. The Morgan fingerprint density at radius 2 is 2.18 bits per heavy atom. The average molecular weight is 314 g/mol. The number of carbonyl (C=O) groups excluding carboxylic acids is 1. The smallest absolute Gasteiger partial charge is 0.387 e. The lowest BCUT2D eigenvalue weighted by Gasteiger charge is -2.30. The lowest BCUT2D eigenvalue weighted by atomic mass is 9.99. The molecule has 0 spiro atoms. The van der Waals surface area contributed by atoms with E-state index < -0.39 is 6.61 Å². The number of hydrogen-bond donors (Lipinski definition) is 2. The highest BCUT2D eigenvalue weighted by molar-refractivity contribution is 5.95. The van der Waals surface area contributed by atoms with E-state index in [4.69, 9.17) is 4.74 Å². The van der Waals surface area contributed by atoms with Gasteiger partial charge in [-0.1, -0.05) is 0 Å². The molecule has 2 N–H and O–H groups in total. The summed E-state index contributed by atoms with van der Waals surface area (Å²) in [6.07, 6.45) is 1.91. The minimum Gasteiger partial charge on any atom is -0.493 e. The summed E-state index contributed by atoms with van der Waals surface area (Å²) in [6, 6.07) is 4.39. The fraction of sp³-hybridized carbons (Fsp3) is 0.533. The van der Waals surface area contributed by atoms with Crippen molar-refractivity contribution in [3.8, 4) is 11.5 Å². The largest absolute Gasteiger partial charge is 0.493 e. The second kappa shape index (κ2) is 7.40. The first-order valence-corrected chi connectivity index (χ1v) is 7.18. The number of nitrogens with one attached hydrogen (secondary N) is 2. The van der Waals surface area contributed by atoms with Gasteiger partial charge in [0.1, 0.15) is 0 Å². The highest BCUT2D eigenvalue weighted by atomic mass is 19.3. The average Bonchev–Trinajstić information content (AvgIpc) is 2.49. The van der Waals surface area contributed by atoms with Gasteiger partial charge in [0.05, 0.1) is 7.11 Å². The molecule has 2 unspecified atom stereocenters. The third-order valence-electron chi connectivity index (χ3n) is 3.72. The quantitative estimate of drug-likeness (QED) is 0.874. The van der Waals surface area contributed by atoms with Crippen LogP contribution in [0.5, 0.6) is 11.5 Å². The molecule has 2 atom stereocenters. The molecule has 22 heavy (non-hydrogen) atoms. The van der Waals surface area contributed by atoms with Gasteiger partial charge in [-0.15, -0.1) is 0 Å². The number of ether oxygens (including phenoxy) is 2. The molecule has 0 aliphatic carbocycles. The second-order valence-corrected chi connectivity index (χ2v) is 5.21. The van der Waals surface area contributed by atoms with E-state index in [2.05, 4.69) is 15.4 Å². The van der Waals surface area contributed by atoms with Gasteiger partial charge in [-0.3, -0.25) is 4.79 Å². The third-order valence-corrected chi connectivity index (χ3v) is 3.72. The molecular formula is C15H20F2N2O3. The second-order valence-electron chi connectivity index (χ2n) is 5.21. The van der Waals surface area contributed by atoms with Crippen molar-refractivity contribution in [2.45, 2.75) is 38.5 Å². The summed E-state index contributed by atoms with van der Waals surface area (Å²) in [5.74, 6) is -0.257. The fourth-order valence-electron chi connectivity index (χ4n) is 2.50. The van der Waals surface area contributed by atoms with Gasteiger partial charge < -0.3 is 20.1 Å². The first-order valence-electron chi connectivity index (χ1n) is 7.18. The number of alkyl halides is 2. The van der Waals surface area contributed by atoms with Gasteiger partial charge in [0.2, 0.25) is 0 Å². The third kappa shape index (κ3) is 4.07. The topological polar surface area (TPSA) is 59.6 Å². The molecule has 1 heterocycles. The highest BCUT2D eigenvalue weighted by Crippen LogP contribution is 2.29. The van der Waals surface area contributed by atoms with Crippen LogP contribution in [-0.2, 0) is 0 Å². The van der Waals surface area contributed by atoms with E-state index in [9.17, 15) is 13.6 Å². The maximum Gasteiger partial charge on any atom is 0.387 e.